The van der Waals surface area contributed by atoms with E-state index in [1.54, 1.807) is 12.1 Å². The first kappa shape index (κ1) is 16.1. The van der Waals surface area contributed by atoms with Crippen molar-refractivity contribution in [3.63, 3.8) is 0 Å². The molecule has 0 bridgehead atoms. The molecule has 1 heterocycles. The molecule has 20 heavy (non-hydrogen) atoms. The molecule has 0 spiro atoms. The van der Waals surface area contributed by atoms with E-state index in [0.29, 0.717) is 25.2 Å². The number of hydrogen-bond donors (Lipinski definition) is 1. The van der Waals surface area contributed by atoms with Gasteiger partial charge in [0.05, 0.1) is 24.9 Å². The summed E-state index contributed by atoms with van der Waals surface area (Å²) in [4.78, 5) is 28.9. The first-order valence-electron chi connectivity index (χ1n) is 6.55. The van der Waals surface area contributed by atoms with Gasteiger partial charge < -0.3 is 10.1 Å². The Kier molecular flexibility index (Phi) is 6.66. The SMILES string of the molecule is CCCNC(=O)CN(C)Cc1ccc(C(=O)OC)cn1. The van der Waals surface area contributed by atoms with Crippen molar-refractivity contribution in [2.45, 2.75) is 19.9 Å². The number of pyridine rings is 1. The molecule has 110 valence electrons. The zero-order chi connectivity index (χ0) is 15.0. The third-order valence-electron chi connectivity index (χ3n) is 2.66. The van der Waals surface area contributed by atoms with Crippen molar-refractivity contribution in [1.29, 1.82) is 0 Å². The number of methoxy groups -OCH3 is 1. The molecule has 0 unspecified atom stereocenters. The van der Waals surface area contributed by atoms with E-state index in [9.17, 15) is 9.59 Å². The van der Waals surface area contributed by atoms with Crippen molar-refractivity contribution in [3.05, 3.63) is 29.6 Å². The molecule has 6 nitrogen and oxygen atoms in total. The average Bonchev–Trinajstić information content (AvgIpc) is 2.45. The molecule has 0 saturated heterocycles. The molecule has 0 aromatic carbocycles. The van der Waals surface area contributed by atoms with Crippen molar-refractivity contribution in [2.75, 3.05) is 27.2 Å². The molecule has 1 aromatic heterocycles. The van der Waals surface area contributed by atoms with Gasteiger partial charge >= 0.3 is 5.97 Å². The monoisotopic (exact) mass is 279 g/mol. The standard InChI is InChI=1S/C14H21N3O3/c1-4-7-15-13(18)10-17(2)9-12-6-5-11(8-16-12)14(19)20-3/h5-6,8H,4,7,9-10H2,1-3H3,(H,15,18). The van der Waals surface area contributed by atoms with Gasteiger partial charge in [-0.25, -0.2) is 4.79 Å². The summed E-state index contributed by atoms with van der Waals surface area (Å²) in [5.41, 5.74) is 1.21. The van der Waals surface area contributed by atoms with Crippen LogP contribution >= 0.6 is 0 Å². The summed E-state index contributed by atoms with van der Waals surface area (Å²) in [5.74, 6) is -0.406. The summed E-state index contributed by atoms with van der Waals surface area (Å²) in [6.45, 7) is 3.57. The van der Waals surface area contributed by atoms with Crippen LogP contribution in [-0.2, 0) is 16.1 Å². The summed E-state index contributed by atoms with van der Waals surface area (Å²) in [6.07, 6.45) is 2.40. The normalized spacial score (nSPS) is 10.4. The Morgan fingerprint density at radius 3 is 2.70 bits per heavy atom. The number of carbonyl (C=O) groups excluding carboxylic acids is 2. The van der Waals surface area contributed by atoms with Crippen molar-refractivity contribution in [1.82, 2.24) is 15.2 Å². The van der Waals surface area contributed by atoms with Gasteiger partial charge in [-0.1, -0.05) is 6.92 Å². The van der Waals surface area contributed by atoms with Gasteiger partial charge in [0.1, 0.15) is 0 Å². The Morgan fingerprint density at radius 1 is 1.40 bits per heavy atom. The second kappa shape index (κ2) is 8.27. The summed E-state index contributed by atoms with van der Waals surface area (Å²) >= 11 is 0. The van der Waals surface area contributed by atoms with Crippen LogP contribution in [0.1, 0.15) is 29.4 Å². The highest BCUT2D eigenvalue weighted by atomic mass is 16.5. The number of esters is 1. The van der Waals surface area contributed by atoms with Crippen LogP contribution in [0.4, 0.5) is 0 Å². The number of rotatable bonds is 7. The number of amides is 1. The maximum Gasteiger partial charge on any atom is 0.339 e. The molecule has 0 aliphatic heterocycles. The van der Waals surface area contributed by atoms with Crippen LogP contribution in [-0.4, -0.2) is 49.0 Å². The van der Waals surface area contributed by atoms with Gasteiger partial charge in [-0.05, 0) is 25.6 Å². The highest BCUT2D eigenvalue weighted by Gasteiger charge is 2.09. The lowest BCUT2D eigenvalue weighted by Gasteiger charge is -2.15. The molecule has 0 fully saturated rings. The lowest BCUT2D eigenvalue weighted by Crippen LogP contribution is -2.35. The molecule has 1 N–H and O–H groups in total. The Labute approximate surface area is 119 Å². The number of hydrogen-bond acceptors (Lipinski definition) is 5. The van der Waals surface area contributed by atoms with Crippen molar-refractivity contribution < 1.29 is 14.3 Å². The van der Waals surface area contributed by atoms with Crippen LogP contribution in [0.25, 0.3) is 0 Å². The maximum atomic E-state index is 11.6. The Morgan fingerprint density at radius 2 is 2.15 bits per heavy atom. The lowest BCUT2D eigenvalue weighted by atomic mass is 10.2. The Balaban J connectivity index is 2.47. The van der Waals surface area contributed by atoms with E-state index < -0.39 is 5.97 Å². The first-order chi connectivity index (χ1) is 9.56. The number of carbonyl (C=O) groups is 2. The highest BCUT2D eigenvalue weighted by Crippen LogP contribution is 2.04. The average molecular weight is 279 g/mol. The molecule has 0 aliphatic carbocycles. The summed E-state index contributed by atoms with van der Waals surface area (Å²) in [7, 11) is 3.18. The van der Waals surface area contributed by atoms with Gasteiger partial charge in [0.15, 0.2) is 0 Å². The molecule has 0 radical (unpaired) electrons. The van der Waals surface area contributed by atoms with Crippen LogP contribution < -0.4 is 5.32 Å². The van der Waals surface area contributed by atoms with Crippen LogP contribution in [0.3, 0.4) is 0 Å². The number of nitrogens with one attached hydrogen (secondary N) is 1. The molecule has 1 rings (SSSR count). The highest BCUT2D eigenvalue weighted by molar-refractivity contribution is 5.88. The van der Waals surface area contributed by atoms with E-state index >= 15 is 0 Å². The minimum absolute atomic E-state index is 0.000492. The Bertz CT molecular complexity index is 445. The quantitative estimate of drug-likeness (QED) is 0.748. The van der Waals surface area contributed by atoms with E-state index in [1.165, 1.54) is 13.3 Å². The van der Waals surface area contributed by atoms with Gasteiger partial charge in [0.2, 0.25) is 5.91 Å². The minimum atomic E-state index is -0.406. The second-order valence-corrected chi connectivity index (χ2v) is 4.55. The number of ether oxygens (including phenoxy) is 1. The molecule has 0 aliphatic rings. The predicted octanol–water partition coefficient (Wildman–Crippen LogP) is 0.826. The maximum absolute atomic E-state index is 11.6. The molecule has 1 aromatic rings. The molecule has 0 saturated carbocycles. The number of aromatic nitrogens is 1. The minimum Gasteiger partial charge on any atom is -0.465 e. The van der Waals surface area contributed by atoms with E-state index in [0.717, 1.165) is 12.1 Å². The summed E-state index contributed by atoms with van der Waals surface area (Å²) in [6, 6.07) is 3.42. The van der Waals surface area contributed by atoms with Gasteiger partial charge in [0.25, 0.3) is 0 Å². The Hall–Kier alpha value is -1.95. The van der Waals surface area contributed by atoms with Gasteiger partial charge in [-0.15, -0.1) is 0 Å². The fraction of sp³-hybridized carbons (Fsp3) is 0.500. The predicted molar refractivity (Wildman–Crippen MR) is 75.2 cm³/mol. The van der Waals surface area contributed by atoms with E-state index in [1.807, 2.05) is 18.9 Å². The van der Waals surface area contributed by atoms with Crippen LogP contribution in [0, 0.1) is 0 Å². The molecule has 1 amide bonds. The molecule has 0 atom stereocenters. The van der Waals surface area contributed by atoms with Gasteiger partial charge in [-0.2, -0.15) is 0 Å². The zero-order valence-corrected chi connectivity index (χ0v) is 12.2. The van der Waals surface area contributed by atoms with E-state index in [4.69, 9.17) is 0 Å². The lowest BCUT2D eigenvalue weighted by molar-refractivity contribution is -0.122. The van der Waals surface area contributed by atoms with Crippen LogP contribution in [0.15, 0.2) is 18.3 Å². The van der Waals surface area contributed by atoms with Crippen molar-refractivity contribution in [2.24, 2.45) is 0 Å². The third kappa shape index (κ3) is 5.36. The van der Waals surface area contributed by atoms with E-state index in [-0.39, 0.29) is 5.91 Å². The summed E-state index contributed by atoms with van der Waals surface area (Å²) in [5, 5.41) is 2.82. The summed E-state index contributed by atoms with van der Waals surface area (Å²) < 4.78 is 4.61. The smallest absolute Gasteiger partial charge is 0.339 e. The third-order valence-corrected chi connectivity index (χ3v) is 2.66. The van der Waals surface area contributed by atoms with Gasteiger partial charge in [-0.3, -0.25) is 14.7 Å². The fourth-order valence-corrected chi connectivity index (χ4v) is 1.65. The topological polar surface area (TPSA) is 71.5 Å². The van der Waals surface area contributed by atoms with Crippen LogP contribution in [0.5, 0.6) is 0 Å². The van der Waals surface area contributed by atoms with Crippen LogP contribution in [0.2, 0.25) is 0 Å². The molecule has 6 heteroatoms. The number of nitrogens with zero attached hydrogens (tertiary/aromatic N) is 2. The largest absolute Gasteiger partial charge is 0.465 e. The zero-order valence-electron chi connectivity index (χ0n) is 12.2. The van der Waals surface area contributed by atoms with Gasteiger partial charge in [0, 0.05) is 19.3 Å². The van der Waals surface area contributed by atoms with E-state index in [2.05, 4.69) is 15.0 Å². The fourth-order valence-electron chi connectivity index (χ4n) is 1.65. The second-order valence-electron chi connectivity index (χ2n) is 4.55. The van der Waals surface area contributed by atoms with Crippen molar-refractivity contribution >= 4 is 11.9 Å². The molecular formula is C14H21N3O3. The molecular weight excluding hydrogens is 258 g/mol. The first-order valence-corrected chi connectivity index (χ1v) is 6.55. The number of likely N-dealkylation sites (N-methyl/N-ethyl adjacent to an activating group) is 1. The van der Waals surface area contributed by atoms with Crippen molar-refractivity contribution in [3.8, 4) is 0 Å².